The summed E-state index contributed by atoms with van der Waals surface area (Å²) in [6, 6.07) is 4.80. The number of nitrogens with zero attached hydrogens (tertiary/aromatic N) is 5. The zero-order valence-electron chi connectivity index (χ0n) is 30.1. The molecule has 2 aromatic rings. The van der Waals surface area contributed by atoms with Gasteiger partial charge >= 0.3 is 0 Å². The molecular formula is C37H52N6O4SSi. The molecule has 0 spiro atoms. The Labute approximate surface area is 293 Å². The van der Waals surface area contributed by atoms with E-state index in [9.17, 15) is 13.2 Å². The summed E-state index contributed by atoms with van der Waals surface area (Å²) in [5.41, 5.74) is 9.18. The number of carbonyl (C=O) groups is 1. The third-order valence-electron chi connectivity index (χ3n) is 11.4. The van der Waals surface area contributed by atoms with Crippen LogP contribution in [-0.2, 0) is 14.6 Å². The molecule has 49 heavy (non-hydrogen) atoms. The molecule has 5 heterocycles. The molecule has 4 aliphatic rings. The average Bonchev–Trinajstić information content (AvgIpc) is 3.45. The molecule has 1 aromatic heterocycles. The number of hydrogen-bond donors (Lipinski definition) is 1. The molecule has 1 amide bonds. The first-order valence-electron chi connectivity index (χ1n) is 17.8. The van der Waals surface area contributed by atoms with E-state index in [2.05, 4.69) is 91.9 Å². The van der Waals surface area contributed by atoms with Gasteiger partial charge in [0.1, 0.15) is 32.1 Å². The molecule has 0 radical (unpaired) electrons. The van der Waals surface area contributed by atoms with Crippen molar-refractivity contribution in [1.82, 2.24) is 19.8 Å². The number of aromatic nitrogens is 2. The van der Waals surface area contributed by atoms with E-state index in [1.54, 1.807) is 6.33 Å². The highest BCUT2D eigenvalue weighted by Gasteiger charge is 2.42. The lowest BCUT2D eigenvalue weighted by molar-refractivity contribution is -0.125. The molecule has 6 rings (SSSR count). The van der Waals surface area contributed by atoms with Gasteiger partial charge in [-0.25, -0.2) is 18.4 Å². The number of nitrogens with one attached hydrogen (secondary N) is 1. The fraction of sp³-hybridized carbons (Fsp3) is 0.595. The van der Waals surface area contributed by atoms with E-state index in [0.29, 0.717) is 53.3 Å². The van der Waals surface area contributed by atoms with Crippen LogP contribution >= 0.6 is 0 Å². The van der Waals surface area contributed by atoms with Crippen LogP contribution in [0.15, 0.2) is 31.1 Å². The van der Waals surface area contributed by atoms with Crippen LogP contribution in [0.25, 0.3) is 0 Å². The van der Waals surface area contributed by atoms with Gasteiger partial charge in [-0.2, -0.15) is 0 Å². The van der Waals surface area contributed by atoms with Crippen molar-refractivity contribution in [3.8, 4) is 17.2 Å². The van der Waals surface area contributed by atoms with Gasteiger partial charge in [-0.3, -0.25) is 9.69 Å². The zero-order valence-corrected chi connectivity index (χ0v) is 31.9. The maximum absolute atomic E-state index is 12.2. The van der Waals surface area contributed by atoms with Crippen molar-refractivity contribution in [2.45, 2.75) is 89.6 Å². The Morgan fingerprint density at radius 3 is 2.35 bits per heavy atom. The highest BCUT2D eigenvalue weighted by molar-refractivity contribution is 7.91. The summed E-state index contributed by atoms with van der Waals surface area (Å²) in [5, 5.41) is 3.62. The predicted octanol–water partition coefficient (Wildman–Crippen LogP) is 5.66. The van der Waals surface area contributed by atoms with Gasteiger partial charge in [-0.15, -0.1) is 5.54 Å². The van der Waals surface area contributed by atoms with Gasteiger partial charge in [0, 0.05) is 51.2 Å². The van der Waals surface area contributed by atoms with E-state index >= 15 is 0 Å². The minimum absolute atomic E-state index is 0.00947. The summed E-state index contributed by atoms with van der Waals surface area (Å²) in [7, 11) is -5.09. The Hall–Kier alpha value is -3.40. The number of amides is 1. The molecule has 0 saturated carbocycles. The molecule has 2 atom stereocenters. The highest BCUT2D eigenvalue weighted by atomic mass is 32.2. The number of likely N-dealkylation sites (tertiary alicyclic amines) is 2. The first kappa shape index (κ1) is 35.4. The summed E-state index contributed by atoms with van der Waals surface area (Å²) in [6.07, 6.45) is 3.55. The van der Waals surface area contributed by atoms with Crippen LogP contribution in [0.3, 0.4) is 0 Å². The number of anilines is 3. The van der Waals surface area contributed by atoms with Gasteiger partial charge in [-0.1, -0.05) is 54.0 Å². The first-order valence-corrected chi connectivity index (χ1v) is 21.9. The lowest BCUT2D eigenvalue weighted by Gasteiger charge is -2.43. The normalized spacial score (nSPS) is 22.4. The first-order chi connectivity index (χ1) is 23.2. The lowest BCUT2D eigenvalue weighted by atomic mass is 9.88. The van der Waals surface area contributed by atoms with Crippen molar-refractivity contribution in [3.05, 3.63) is 47.8 Å². The second kappa shape index (κ2) is 13.7. The number of benzene rings is 1. The topological polar surface area (TPSA) is 108 Å². The van der Waals surface area contributed by atoms with E-state index in [-0.39, 0.29) is 17.4 Å². The molecule has 1 unspecified atom stereocenters. The van der Waals surface area contributed by atoms with Crippen molar-refractivity contribution in [2.75, 3.05) is 61.0 Å². The second-order valence-electron chi connectivity index (χ2n) is 15.2. The van der Waals surface area contributed by atoms with E-state index in [4.69, 9.17) is 4.74 Å². The smallest absolute Gasteiger partial charge is 0.246 e. The average molecular weight is 705 g/mol. The number of carbonyl (C=O) groups excluding carboxylic acids is 1. The van der Waals surface area contributed by atoms with Crippen molar-refractivity contribution in [3.63, 3.8) is 0 Å². The minimum atomic E-state index is -3.05. The lowest BCUT2D eigenvalue weighted by Crippen LogP contribution is -2.51. The van der Waals surface area contributed by atoms with Crippen LogP contribution < -0.4 is 15.0 Å². The van der Waals surface area contributed by atoms with Gasteiger partial charge < -0.3 is 19.9 Å². The van der Waals surface area contributed by atoms with Crippen LogP contribution in [0.5, 0.6) is 5.75 Å². The molecule has 4 aliphatic heterocycles. The van der Waals surface area contributed by atoms with Crippen molar-refractivity contribution in [1.29, 1.82) is 0 Å². The fourth-order valence-corrected chi connectivity index (χ4v) is 15.0. The highest BCUT2D eigenvalue weighted by Crippen LogP contribution is 2.46. The quantitative estimate of drug-likeness (QED) is 0.222. The van der Waals surface area contributed by atoms with Crippen LogP contribution in [0.1, 0.15) is 83.6 Å². The van der Waals surface area contributed by atoms with Crippen LogP contribution in [0.4, 0.5) is 17.3 Å². The maximum Gasteiger partial charge on any atom is 0.246 e. The van der Waals surface area contributed by atoms with Gasteiger partial charge in [0.25, 0.3) is 0 Å². The molecular weight excluding hydrogens is 653 g/mol. The summed E-state index contributed by atoms with van der Waals surface area (Å²) in [5.74, 6) is 6.37. The molecule has 10 nitrogen and oxygen atoms in total. The number of hydrogen-bond acceptors (Lipinski definition) is 9. The third-order valence-corrected chi connectivity index (χ3v) is 19.3. The zero-order chi connectivity index (χ0) is 35.2. The molecule has 0 bridgehead atoms. The molecule has 12 heteroatoms. The van der Waals surface area contributed by atoms with Crippen LogP contribution in [0, 0.1) is 11.5 Å². The molecule has 3 fully saturated rings. The summed E-state index contributed by atoms with van der Waals surface area (Å²) >= 11 is 0. The molecule has 1 N–H and O–H groups in total. The summed E-state index contributed by atoms with van der Waals surface area (Å²) in [6.45, 7) is 23.8. The van der Waals surface area contributed by atoms with Crippen LogP contribution in [0.2, 0.25) is 16.6 Å². The third kappa shape index (κ3) is 6.74. The maximum atomic E-state index is 12.2. The largest absolute Gasteiger partial charge is 0.482 e. The molecule has 3 saturated heterocycles. The van der Waals surface area contributed by atoms with Crippen molar-refractivity contribution in [2.24, 2.45) is 0 Å². The number of ether oxygens (including phenoxy) is 1. The van der Waals surface area contributed by atoms with Gasteiger partial charge in [0.15, 0.2) is 15.6 Å². The van der Waals surface area contributed by atoms with E-state index < -0.39 is 24.0 Å². The van der Waals surface area contributed by atoms with Crippen LogP contribution in [-0.4, -0.2) is 99.0 Å². The Morgan fingerprint density at radius 2 is 1.71 bits per heavy atom. The predicted molar refractivity (Wildman–Crippen MR) is 199 cm³/mol. The van der Waals surface area contributed by atoms with Crippen molar-refractivity contribution < 1.29 is 17.9 Å². The second-order valence-corrected chi connectivity index (χ2v) is 23.0. The SMILES string of the molecule is C=CC(=O)N1CC[C@H](N2CC(c3cc(C#C[Si](C(C)C)(C(C)C)C(C)C)c4c(c3)Nc3ncnc(N5CCS(=O)(=O)CC5)c3C(C)O4)C2)C1. The Balaban J connectivity index is 1.37. The molecule has 264 valence electrons. The van der Waals surface area contributed by atoms with E-state index in [1.165, 1.54) is 11.6 Å². The Morgan fingerprint density at radius 1 is 1.04 bits per heavy atom. The summed E-state index contributed by atoms with van der Waals surface area (Å²) < 4.78 is 31.3. The molecule has 1 aromatic carbocycles. The van der Waals surface area contributed by atoms with Gasteiger partial charge in [-0.05, 0) is 53.7 Å². The fourth-order valence-electron chi connectivity index (χ4n) is 8.60. The molecule has 0 aliphatic carbocycles. The summed E-state index contributed by atoms with van der Waals surface area (Å²) in [4.78, 5) is 28.0. The van der Waals surface area contributed by atoms with Crippen molar-refractivity contribution >= 4 is 41.1 Å². The van der Waals surface area contributed by atoms with Gasteiger partial charge in [0.2, 0.25) is 5.91 Å². The minimum Gasteiger partial charge on any atom is -0.482 e. The number of rotatable bonds is 7. The number of sulfone groups is 1. The standard InChI is InChI=1S/C37H52N6O4SSi/c1-9-33(44)42-12-10-31(22-42)43-20-30(21-43)29-18-28(11-17-49(24(2)3,25(4)5)26(6)7)35-32(19-29)40-36-34(27(8)47-35)37(39-23-38-36)41-13-15-48(45,46)16-14-41/h9,18-19,23-27,30-31H,1,10,12-16,20-22H2,2-8H3,(H,38,39,40)/t27?,31-/m0/s1. The van der Waals surface area contributed by atoms with Gasteiger partial charge in [0.05, 0.1) is 28.3 Å². The Kier molecular flexibility index (Phi) is 9.92. The Bertz CT molecular complexity index is 1740. The number of fused-ring (bicyclic) bond motifs is 2. The van der Waals surface area contributed by atoms with E-state index in [0.717, 1.165) is 55.2 Å². The monoisotopic (exact) mass is 704 g/mol. The van der Waals surface area contributed by atoms with E-state index in [1.807, 2.05) is 16.7 Å².